The highest BCUT2D eigenvalue weighted by molar-refractivity contribution is 5.72. The lowest BCUT2D eigenvalue weighted by atomic mass is 10.6. The molecule has 0 spiro atoms. The molecule has 0 aromatic rings. The second-order valence-corrected chi connectivity index (χ2v) is 2.26. The number of hydrogen-bond donors (Lipinski definition) is 0. The zero-order valence-electron chi connectivity index (χ0n) is 9.71. The highest BCUT2D eigenvalue weighted by Gasteiger charge is 1.62. The van der Waals surface area contributed by atoms with Crippen LogP contribution in [0.25, 0.3) is 0 Å². The Morgan fingerprint density at radius 3 is 0.786 bits per heavy atom. The molecule has 4 nitrogen and oxygen atoms in total. The molecule has 0 fully saturated rings. The monoisotopic (exact) mass is 198 g/mol. The molecule has 0 amide bonds. The van der Waals surface area contributed by atoms with Gasteiger partial charge in [-0.05, 0) is 27.7 Å². The Morgan fingerprint density at radius 1 is 0.786 bits per heavy atom. The first-order chi connectivity index (χ1) is 6.29. The van der Waals surface area contributed by atoms with Crippen LogP contribution in [0.1, 0.15) is 41.5 Å². The lowest BCUT2D eigenvalue weighted by Gasteiger charge is -1.56. The van der Waals surface area contributed by atoms with Crippen molar-refractivity contribution in [3.05, 3.63) is 0 Å². The number of hydrogen-bond acceptors (Lipinski definition) is 4. The van der Waals surface area contributed by atoms with E-state index in [1.165, 1.54) is 41.5 Å². The first-order valence-corrected chi connectivity index (χ1v) is 3.86. The maximum absolute atomic E-state index is 9.44. The molecule has 0 atom stereocenters. The second-order valence-electron chi connectivity index (χ2n) is 2.26. The van der Waals surface area contributed by atoms with Gasteiger partial charge < -0.3 is 9.59 Å². The Kier molecular flexibility index (Phi) is 49.2. The smallest absolute Gasteiger partial charge is 0.126 e. The number of rotatable bonds is 0. The average Bonchev–Trinajstić information content (AvgIpc) is 1.85. The van der Waals surface area contributed by atoms with Crippen molar-refractivity contribution in [3.63, 3.8) is 0 Å². The molecule has 0 aliphatic carbocycles. The van der Waals surface area contributed by atoms with Crippen LogP contribution in [0.2, 0.25) is 0 Å². The SMILES string of the molecule is CC#N.CC#N.CC(C)=O.CC(C)=O. The Labute approximate surface area is 86.1 Å². The topological polar surface area (TPSA) is 81.7 Å². The fraction of sp³-hybridized carbons (Fsp3) is 0.600. The molecular weight excluding hydrogens is 180 g/mol. The van der Waals surface area contributed by atoms with Gasteiger partial charge in [-0.3, -0.25) is 0 Å². The van der Waals surface area contributed by atoms with Crippen LogP contribution in [-0.2, 0) is 9.59 Å². The first-order valence-electron chi connectivity index (χ1n) is 3.86. The van der Waals surface area contributed by atoms with E-state index in [1.807, 2.05) is 0 Å². The van der Waals surface area contributed by atoms with E-state index in [0.29, 0.717) is 0 Å². The summed E-state index contributed by atoms with van der Waals surface area (Å²) in [5, 5.41) is 14.6. The van der Waals surface area contributed by atoms with Crippen LogP contribution in [-0.4, -0.2) is 11.6 Å². The van der Waals surface area contributed by atoms with Gasteiger partial charge in [0.15, 0.2) is 0 Å². The van der Waals surface area contributed by atoms with E-state index in [-0.39, 0.29) is 11.6 Å². The molecule has 14 heavy (non-hydrogen) atoms. The predicted octanol–water partition coefficient (Wildman–Crippen LogP) is 2.25. The number of nitriles is 2. The third-order valence-electron chi connectivity index (χ3n) is 0. The highest BCUT2D eigenvalue weighted by Crippen LogP contribution is 1.50. The van der Waals surface area contributed by atoms with Crippen LogP contribution in [0, 0.1) is 22.7 Å². The summed E-state index contributed by atoms with van der Waals surface area (Å²) < 4.78 is 0. The zero-order valence-corrected chi connectivity index (χ0v) is 9.71. The molecule has 0 unspecified atom stereocenters. The maximum atomic E-state index is 9.44. The van der Waals surface area contributed by atoms with Crippen molar-refractivity contribution in [1.29, 1.82) is 10.5 Å². The van der Waals surface area contributed by atoms with Crippen molar-refractivity contribution in [2.24, 2.45) is 0 Å². The molecule has 0 saturated heterocycles. The van der Waals surface area contributed by atoms with E-state index >= 15 is 0 Å². The summed E-state index contributed by atoms with van der Waals surface area (Å²) in [6.45, 7) is 8.97. The van der Waals surface area contributed by atoms with Crippen molar-refractivity contribution in [1.82, 2.24) is 0 Å². The van der Waals surface area contributed by atoms with E-state index in [1.54, 1.807) is 12.1 Å². The minimum absolute atomic E-state index is 0.167. The van der Waals surface area contributed by atoms with Crippen molar-refractivity contribution in [3.8, 4) is 12.1 Å². The molecule has 0 aromatic carbocycles. The predicted molar refractivity (Wildman–Crippen MR) is 55.3 cm³/mol. The third-order valence-corrected chi connectivity index (χ3v) is 0. The van der Waals surface area contributed by atoms with Gasteiger partial charge in [0.25, 0.3) is 0 Å². The van der Waals surface area contributed by atoms with Crippen LogP contribution in [0.15, 0.2) is 0 Å². The van der Waals surface area contributed by atoms with Crippen LogP contribution in [0.4, 0.5) is 0 Å². The van der Waals surface area contributed by atoms with Gasteiger partial charge in [0.05, 0.1) is 12.1 Å². The van der Waals surface area contributed by atoms with Gasteiger partial charge in [0.1, 0.15) is 11.6 Å². The molecule has 0 bridgehead atoms. The van der Waals surface area contributed by atoms with Crippen LogP contribution in [0.3, 0.4) is 0 Å². The van der Waals surface area contributed by atoms with E-state index in [2.05, 4.69) is 0 Å². The molecule has 0 saturated carbocycles. The van der Waals surface area contributed by atoms with Gasteiger partial charge in [-0.25, -0.2) is 0 Å². The Balaban J connectivity index is -0.0000000482. The fourth-order valence-corrected chi connectivity index (χ4v) is 0. The summed E-state index contributed by atoms with van der Waals surface area (Å²) in [7, 11) is 0. The lowest BCUT2D eigenvalue weighted by Crippen LogP contribution is -1.69. The largest absolute Gasteiger partial charge is 0.300 e. The molecule has 4 heteroatoms. The number of ketones is 2. The minimum Gasteiger partial charge on any atom is -0.300 e. The molecule has 0 aliphatic rings. The van der Waals surface area contributed by atoms with Crippen LogP contribution < -0.4 is 0 Å². The van der Waals surface area contributed by atoms with Crippen LogP contribution >= 0.6 is 0 Å². The summed E-state index contributed by atoms with van der Waals surface area (Å²) in [5.41, 5.74) is 0. The molecular formula is C10H18N2O2. The van der Waals surface area contributed by atoms with Gasteiger partial charge in [-0.15, -0.1) is 0 Å². The van der Waals surface area contributed by atoms with Gasteiger partial charge >= 0.3 is 0 Å². The van der Waals surface area contributed by atoms with Crippen LogP contribution in [0.5, 0.6) is 0 Å². The Morgan fingerprint density at radius 2 is 0.786 bits per heavy atom. The minimum atomic E-state index is 0.167. The third kappa shape index (κ3) is 318. The van der Waals surface area contributed by atoms with Gasteiger partial charge in [-0.1, -0.05) is 0 Å². The van der Waals surface area contributed by atoms with Gasteiger partial charge in [0.2, 0.25) is 0 Å². The zero-order chi connectivity index (χ0) is 12.6. The lowest BCUT2D eigenvalue weighted by molar-refractivity contribution is -0.115. The fourth-order valence-electron chi connectivity index (χ4n) is 0. The summed E-state index contributed by atoms with van der Waals surface area (Å²) in [6, 6.07) is 3.50. The van der Waals surface area contributed by atoms with E-state index in [4.69, 9.17) is 10.5 Å². The molecule has 0 aromatic heterocycles. The molecule has 0 N–H and O–H groups in total. The van der Waals surface area contributed by atoms with Gasteiger partial charge in [0, 0.05) is 13.8 Å². The van der Waals surface area contributed by atoms with E-state index in [9.17, 15) is 9.59 Å². The molecule has 0 aliphatic heterocycles. The molecule has 0 radical (unpaired) electrons. The first kappa shape index (κ1) is 22.8. The second kappa shape index (κ2) is 30.2. The van der Waals surface area contributed by atoms with E-state index in [0.717, 1.165) is 0 Å². The number of Topliss-reactive ketones (excluding diaryl/α,β-unsaturated/α-hetero) is 2. The standard InChI is InChI=1S/2C3H6O.2C2H3N/c2*1-3(2)4;2*1-2-3/h2*1-2H3;2*1H3. The van der Waals surface area contributed by atoms with E-state index < -0.39 is 0 Å². The number of carbonyl (C=O) groups is 2. The Hall–Kier alpha value is -1.68. The van der Waals surface area contributed by atoms with Gasteiger partial charge in [-0.2, -0.15) is 10.5 Å². The number of carbonyl (C=O) groups excluding carboxylic acids is 2. The normalized spacial score (nSPS) is 4.86. The summed E-state index contributed by atoms with van der Waals surface area (Å²) >= 11 is 0. The molecule has 80 valence electrons. The number of nitrogens with zero attached hydrogens (tertiary/aromatic N) is 2. The summed E-state index contributed by atoms with van der Waals surface area (Å²) in [4.78, 5) is 18.9. The van der Waals surface area contributed by atoms with Crippen molar-refractivity contribution >= 4 is 11.6 Å². The Bertz CT molecular complexity index is 177. The summed E-state index contributed by atoms with van der Waals surface area (Å²) in [5.74, 6) is 0.333. The maximum Gasteiger partial charge on any atom is 0.126 e. The van der Waals surface area contributed by atoms with Crippen molar-refractivity contribution in [2.45, 2.75) is 41.5 Å². The molecule has 0 rings (SSSR count). The quantitative estimate of drug-likeness (QED) is 0.597. The average molecular weight is 198 g/mol. The van der Waals surface area contributed by atoms with Crippen molar-refractivity contribution in [2.75, 3.05) is 0 Å². The highest BCUT2D eigenvalue weighted by atomic mass is 16.1. The van der Waals surface area contributed by atoms with Crippen molar-refractivity contribution < 1.29 is 9.59 Å². The summed E-state index contributed by atoms with van der Waals surface area (Å²) in [6.07, 6.45) is 0. The molecule has 0 heterocycles.